The Bertz CT molecular complexity index is 677. The molecule has 114 valence electrons. The first kappa shape index (κ1) is 14.6. The lowest BCUT2D eigenvalue weighted by atomic mass is 9.84. The van der Waals surface area contributed by atoms with Crippen molar-refractivity contribution in [3.05, 3.63) is 65.2 Å². The van der Waals surface area contributed by atoms with Crippen molar-refractivity contribution in [3.63, 3.8) is 0 Å². The van der Waals surface area contributed by atoms with Gasteiger partial charge in [0.15, 0.2) is 0 Å². The van der Waals surface area contributed by atoms with Gasteiger partial charge in [0.2, 0.25) is 0 Å². The lowest BCUT2D eigenvalue weighted by molar-refractivity contribution is 0.0945. The van der Waals surface area contributed by atoms with E-state index in [4.69, 9.17) is 0 Å². The Kier molecular flexibility index (Phi) is 3.88. The van der Waals surface area contributed by atoms with Crippen LogP contribution in [0.2, 0.25) is 0 Å². The number of rotatable bonds is 4. The predicted octanol–water partition coefficient (Wildman–Crippen LogP) is 3.36. The molecule has 3 heteroatoms. The van der Waals surface area contributed by atoms with Crippen LogP contribution in [0.25, 0.3) is 0 Å². The van der Waals surface area contributed by atoms with Crippen molar-refractivity contribution in [1.82, 2.24) is 5.32 Å². The fraction of sp³-hybridized carbons (Fsp3) is 0.316. The van der Waals surface area contributed by atoms with E-state index in [1.165, 1.54) is 11.1 Å². The van der Waals surface area contributed by atoms with E-state index in [-0.39, 0.29) is 11.3 Å². The van der Waals surface area contributed by atoms with E-state index in [1.54, 1.807) is 0 Å². The average molecular weight is 294 g/mol. The number of anilines is 1. The number of carbonyl (C=O) groups is 1. The van der Waals surface area contributed by atoms with E-state index in [2.05, 4.69) is 36.6 Å². The summed E-state index contributed by atoms with van der Waals surface area (Å²) in [7, 11) is 0. The van der Waals surface area contributed by atoms with Gasteiger partial charge in [-0.25, -0.2) is 0 Å². The van der Waals surface area contributed by atoms with E-state index in [1.807, 2.05) is 36.4 Å². The van der Waals surface area contributed by atoms with Crippen molar-refractivity contribution in [2.24, 2.45) is 0 Å². The van der Waals surface area contributed by atoms with Gasteiger partial charge in [0.05, 0.1) is 0 Å². The number of carbonyl (C=O) groups excluding carboxylic acids is 1. The lowest BCUT2D eigenvalue weighted by Crippen LogP contribution is -2.36. The first-order valence-electron chi connectivity index (χ1n) is 7.77. The van der Waals surface area contributed by atoms with Gasteiger partial charge in [0.1, 0.15) is 0 Å². The second-order valence-electron chi connectivity index (χ2n) is 6.48. The highest BCUT2D eigenvalue weighted by Gasteiger charge is 2.22. The van der Waals surface area contributed by atoms with Gasteiger partial charge in [-0.05, 0) is 35.7 Å². The monoisotopic (exact) mass is 294 g/mol. The molecule has 3 nitrogen and oxygen atoms in total. The van der Waals surface area contributed by atoms with E-state index >= 15 is 0 Å². The minimum absolute atomic E-state index is 0.00120. The molecular weight excluding hydrogens is 272 g/mol. The highest BCUT2D eigenvalue weighted by molar-refractivity contribution is 5.95. The zero-order valence-corrected chi connectivity index (χ0v) is 13.1. The zero-order valence-electron chi connectivity index (χ0n) is 13.1. The van der Waals surface area contributed by atoms with Gasteiger partial charge in [-0.1, -0.05) is 44.2 Å². The summed E-state index contributed by atoms with van der Waals surface area (Å²) < 4.78 is 0. The predicted molar refractivity (Wildman–Crippen MR) is 90.4 cm³/mol. The van der Waals surface area contributed by atoms with Crippen LogP contribution in [-0.4, -0.2) is 19.0 Å². The lowest BCUT2D eigenvalue weighted by Gasteiger charge is -2.25. The van der Waals surface area contributed by atoms with Gasteiger partial charge >= 0.3 is 0 Å². The summed E-state index contributed by atoms with van der Waals surface area (Å²) in [6.45, 7) is 5.87. The normalized spacial score (nSPS) is 13.4. The van der Waals surface area contributed by atoms with Gasteiger partial charge in [-0.3, -0.25) is 4.79 Å². The fourth-order valence-corrected chi connectivity index (χ4v) is 2.84. The third-order valence-electron chi connectivity index (χ3n) is 4.32. The Morgan fingerprint density at radius 1 is 1.18 bits per heavy atom. The molecule has 3 rings (SSSR count). The first-order valence-corrected chi connectivity index (χ1v) is 7.77. The maximum absolute atomic E-state index is 12.4. The number of hydrogen-bond acceptors (Lipinski definition) is 2. The number of fused-ring (bicyclic) bond motifs is 1. The molecule has 1 aliphatic rings. The number of benzene rings is 2. The van der Waals surface area contributed by atoms with E-state index in [0.717, 1.165) is 24.2 Å². The number of nitrogens with one attached hydrogen (secondary N) is 2. The highest BCUT2D eigenvalue weighted by Crippen LogP contribution is 2.24. The molecule has 0 fully saturated rings. The van der Waals surface area contributed by atoms with Gasteiger partial charge < -0.3 is 10.6 Å². The second kappa shape index (κ2) is 5.84. The topological polar surface area (TPSA) is 41.1 Å². The molecule has 1 heterocycles. The molecule has 1 amide bonds. The fourth-order valence-electron chi connectivity index (χ4n) is 2.84. The van der Waals surface area contributed by atoms with Crippen LogP contribution >= 0.6 is 0 Å². The molecule has 0 radical (unpaired) electrons. The summed E-state index contributed by atoms with van der Waals surface area (Å²) in [6, 6.07) is 16.2. The highest BCUT2D eigenvalue weighted by atomic mass is 16.1. The maximum Gasteiger partial charge on any atom is 0.251 e. The van der Waals surface area contributed by atoms with Crippen molar-refractivity contribution in [2.45, 2.75) is 25.7 Å². The number of hydrogen-bond donors (Lipinski definition) is 2. The molecule has 22 heavy (non-hydrogen) atoms. The summed E-state index contributed by atoms with van der Waals surface area (Å²) in [5.74, 6) is -0.00120. The van der Waals surface area contributed by atoms with Gasteiger partial charge in [0, 0.05) is 29.8 Å². The van der Waals surface area contributed by atoms with Crippen LogP contribution in [0.3, 0.4) is 0 Å². The van der Waals surface area contributed by atoms with Crippen molar-refractivity contribution in [1.29, 1.82) is 0 Å². The summed E-state index contributed by atoms with van der Waals surface area (Å²) in [5, 5.41) is 6.38. The average Bonchev–Trinajstić information content (AvgIpc) is 3.01. The third kappa shape index (κ3) is 2.98. The first-order chi connectivity index (χ1) is 10.6. The minimum atomic E-state index is -0.0881. The van der Waals surface area contributed by atoms with Crippen LogP contribution in [-0.2, 0) is 11.8 Å². The van der Waals surface area contributed by atoms with Crippen LogP contribution in [0.5, 0.6) is 0 Å². The standard InChI is InChI=1S/C19H22N2O/c1-19(2,16-6-4-3-5-7-16)13-21-18(22)15-8-9-17-14(12-15)10-11-20-17/h3-9,12,20H,10-11,13H2,1-2H3,(H,21,22). The van der Waals surface area contributed by atoms with E-state index < -0.39 is 0 Å². The van der Waals surface area contributed by atoms with Crippen LogP contribution in [0.15, 0.2) is 48.5 Å². The summed E-state index contributed by atoms with van der Waals surface area (Å²) >= 11 is 0. The third-order valence-corrected chi connectivity index (χ3v) is 4.32. The smallest absolute Gasteiger partial charge is 0.251 e. The molecule has 1 aliphatic heterocycles. The molecule has 0 unspecified atom stereocenters. The molecule has 0 atom stereocenters. The molecular formula is C19H22N2O. The molecule has 0 saturated carbocycles. The molecule has 0 saturated heterocycles. The maximum atomic E-state index is 12.4. The van der Waals surface area contributed by atoms with Crippen LogP contribution in [0, 0.1) is 0 Å². The van der Waals surface area contributed by atoms with Crippen molar-refractivity contribution >= 4 is 11.6 Å². The van der Waals surface area contributed by atoms with Gasteiger partial charge in [0.25, 0.3) is 5.91 Å². The Morgan fingerprint density at radius 2 is 1.95 bits per heavy atom. The van der Waals surface area contributed by atoms with Gasteiger partial charge in [-0.2, -0.15) is 0 Å². The summed E-state index contributed by atoms with van der Waals surface area (Å²) in [5.41, 5.74) is 4.27. The zero-order chi connectivity index (χ0) is 15.6. The number of amides is 1. The van der Waals surface area contributed by atoms with Gasteiger partial charge in [-0.15, -0.1) is 0 Å². The van der Waals surface area contributed by atoms with E-state index in [9.17, 15) is 4.79 Å². The molecule has 0 bridgehead atoms. The van der Waals surface area contributed by atoms with Crippen LogP contribution in [0.4, 0.5) is 5.69 Å². The molecule has 2 N–H and O–H groups in total. The molecule has 0 aliphatic carbocycles. The van der Waals surface area contributed by atoms with Crippen molar-refractivity contribution < 1.29 is 4.79 Å². The Labute approximate surface area is 131 Å². The van der Waals surface area contributed by atoms with E-state index in [0.29, 0.717) is 6.54 Å². The second-order valence-corrected chi connectivity index (χ2v) is 6.48. The molecule has 2 aromatic rings. The molecule has 2 aromatic carbocycles. The molecule has 0 spiro atoms. The summed E-state index contributed by atoms with van der Waals surface area (Å²) in [4.78, 5) is 12.4. The summed E-state index contributed by atoms with van der Waals surface area (Å²) in [6.07, 6.45) is 0.992. The Balaban J connectivity index is 1.67. The quantitative estimate of drug-likeness (QED) is 0.908. The van der Waals surface area contributed by atoms with Crippen LogP contribution < -0.4 is 10.6 Å². The van der Waals surface area contributed by atoms with Crippen LogP contribution in [0.1, 0.15) is 35.3 Å². The van der Waals surface area contributed by atoms with Crippen molar-refractivity contribution in [2.75, 3.05) is 18.4 Å². The van der Waals surface area contributed by atoms with Crippen molar-refractivity contribution in [3.8, 4) is 0 Å². The molecule has 0 aromatic heterocycles. The largest absolute Gasteiger partial charge is 0.384 e. The Morgan fingerprint density at radius 3 is 2.73 bits per heavy atom. The Hall–Kier alpha value is -2.29. The SMILES string of the molecule is CC(C)(CNC(=O)c1ccc2c(c1)CCN2)c1ccccc1. The minimum Gasteiger partial charge on any atom is -0.384 e.